The lowest BCUT2D eigenvalue weighted by atomic mass is 10.5. The van der Waals surface area contributed by atoms with Gasteiger partial charge in [0.15, 0.2) is 11.6 Å². The third-order valence-electron chi connectivity index (χ3n) is 1.59. The van der Waals surface area contributed by atoms with Gasteiger partial charge >= 0.3 is 0 Å². The van der Waals surface area contributed by atoms with Crippen LogP contribution in [0.1, 0.15) is 12.8 Å². The van der Waals surface area contributed by atoms with Gasteiger partial charge in [0, 0.05) is 6.04 Å². The molecule has 0 aromatic heterocycles. The predicted molar refractivity (Wildman–Crippen MR) is 40.2 cm³/mol. The Balaban J connectivity index is 2.63. The molecule has 0 amide bonds. The quantitative estimate of drug-likeness (QED) is 0.309. The minimum atomic E-state index is -0.778. The molecular weight excluding hydrogens is 147 g/mol. The highest BCUT2D eigenvalue weighted by molar-refractivity contribution is 5.73. The molecule has 0 aliphatic heterocycles. The van der Waals surface area contributed by atoms with Gasteiger partial charge in [-0.3, -0.25) is 5.01 Å². The highest BCUT2D eigenvalue weighted by Gasteiger charge is 2.28. The van der Waals surface area contributed by atoms with Gasteiger partial charge < -0.3 is 11.1 Å². The van der Waals surface area contributed by atoms with E-state index in [0.29, 0.717) is 6.21 Å². The van der Waals surface area contributed by atoms with Gasteiger partial charge in [-0.25, -0.2) is 10.2 Å². The molecule has 0 unspecified atom stereocenters. The van der Waals surface area contributed by atoms with Gasteiger partial charge in [-0.05, 0) is 12.8 Å². The van der Waals surface area contributed by atoms with Crippen LogP contribution in [-0.4, -0.2) is 17.3 Å². The van der Waals surface area contributed by atoms with Crippen LogP contribution in [0.25, 0.3) is 0 Å². The summed E-state index contributed by atoms with van der Waals surface area (Å²) in [5, 5.41) is 7.75. The fourth-order valence-electron chi connectivity index (χ4n) is 0.747. The number of nitrogens with two attached hydrogens (primary N) is 2. The molecule has 5 N–H and O–H groups in total. The van der Waals surface area contributed by atoms with Crippen molar-refractivity contribution in [1.29, 1.82) is 5.41 Å². The molecule has 62 valence electrons. The third-order valence-corrected chi connectivity index (χ3v) is 1.59. The van der Waals surface area contributed by atoms with E-state index in [4.69, 9.17) is 17.0 Å². The van der Waals surface area contributed by atoms with Gasteiger partial charge in [0.05, 0.1) is 6.21 Å². The largest absolute Gasteiger partial charge is 0.382 e. The predicted octanol–water partition coefficient (Wildman–Crippen LogP) is 0.0714. The minimum Gasteiger partial charge on any atom is -0.382 e. The van der Waals surface area contributed by atoms with Crippen molar-refractivity contribution in [2.45, 2.75) is 18.9 Å². The molecule has 4 nitrogen and oxygen atoms in total. The summed E-state index contributed by atoms with van der Waals surface area (Å²) in [7, 11) is 0. The van der Waals surface area contributed by atoms with Gasteiger partial charge in [-0.1, -0.05) is 0 Å². The number of hydrogen-bond acceptors (Lipinski definition) is 4. The van der Waals surface area contributed by atoms with E-state index in [0.717, 1.165) is 12.8 Å². The van der Waals surface area contributed by atoms with Crippen LogP contribution < -0.4 is 11.6 Å². The maximum Gasteiger partial charge on any atom is 0.181 e. The Bertz CT molecular complexity index is 197. The van der Waals surface area contributed by atoms with Crippen LogP contribution in [0, 0.1) is 5.41 Å². The lowest BCUT2D eigenvalue weighted by molar-refractivity contribution is 0.333. The Kier molecular flexibility index (Phi) is 2.09. The minimum absolute atomic E-state index is 0.150. The van der Waals surface area contributed by atoms with Crippen molar-refractivity contribution in [2.75, 3.05) is 0 Å². The summed E-state index contributed by atoms with van der Waals surface area (Å²) in [5.41, 5.74) is 5.27. The van der Waals surface area contributed by atoms with Crippen LogP contribution in [0.4, 0.5) is 4.39 Å². The van der Waals surface area contributed by atoms with Crippen LogP contribution in [0.3, 0.4) is 0 Å². The fraction of sp³-hybridized carbons (Fsp3) is 0.500. The van der Waals surface area contributed by atoms with Crippen LogP contribution in [0.5, 0.6) is 0 Å². The molecule has 0 spiro atoms. The lowest BCUT2D eigenvalue weighted by Crippen LogP contribution is -2.37. The molecule has 0 saturated heterocycles. The molecule has 0 heterocycles. The van der Waals surface area contributed by atoms with E-state index in [1.807, 2.05) is 0 Å². The van der Waals surface area contributed by atoms with Crippen molar-refractivity contribution in [3.05, 3.63) is 11.6 Å². The summed E-state index contributed by atoms with van der Waals surface area (Å²) in [5.74, 6) is 4.48. The molecule has 0 radical (unpaired) electrons. The average Bonchev–Trinajstić information content (AvgIpc) is 2.82. The number of rotatable bonds is 3. The molecule has 0 aromatic rings. The van der Waals surface area contributed by atoms with Crippen LogP contribution in [0.2, 0.25) is 0 Å². The fourth-order valence-corrected chi connectivity index (χ4v) is 0.747. The number of hydrogen-bond donors (Lipinski definition) is 3. The van der Waals surface area contributed by atoms with Crippen LogP contribution >= 0.6 is 0 Å². The SMILES string of the molecule is N=C/C(F)=C(\N)N(N)C1CC1. The first-order valence-electron chi connectivity index (χ1n) is 3.36. The second-order valence-electron chi connectivity index (χ2n) is 2.52. The van der Waals surface area contributed by atoms with Gasteiger partial charge in [0.2, 0.25) is 0 Å². The molecule has 1 rings (SSSR count). The second-order valence-corrected chi connectivity index (χ2v) is 2.52. The summed E-state index contributed by atoms with van der Waals surface area (Å²) in [6, 6.07) is 0.167. The maximum atomic E-state index is 12.6. The number of allylic oxidation sites excluding steroid dienone is 1. The maximum absolute atomic E-state index is 12.6. The molecule has 0 atom stereocenters. The van der Waals surface area contributed by atoms with Crippen molar-refractivity contribution >= 4 is 6.21 Å². The monoisotopic (exact) mass is 158 g/mol. The van der Waals surface area contributed by atoms with E-state index in [2.05, 4.69) is 0 Å². The number of nitrogens with one attached hydrogen (secondary N) is 1. The summed E-state index contributed by atoms with van der Waals surface area (Å²) in [4.78, 5) is 0. The molecule has 5 heteroatoms. The molecule has 1 aliphatic carbocycles. The standard InChI is InChI=1S/C6H11FN4/c7-5(3-8)6(9)11(10)4-1-2-4/h3-4,8H,1-2,9-10H2/b6-5-,8-3?. The van der Waals surface area contributed by atoms with Crippen molar-refractivity contribution in [3.8, 4) is 0 Å². The summed E-state index contributed by atoms with van der Waals surface area (Å²) < 4.78 is 12.6. The first-order chi connectivity index (χ1) is 5.16. The highest BCUT2D eigenvalue weighted by atomic mass is 19.1. The van der Waals surface area contributed by atoms with Crippen molar-refractivity contribution in [3.63, 3.8) is 0 Å². The van der Waals surface area contributed by atoms with Gasteiger partial charge in [0.1, 0.15) is 0 Å². The van der Waals surface area contributed by atoms with Gasteiger partial charge in [0.25, 0.3) is 0 Å². The number of halogens is 1. The Labute approximate surface area is 64.1 Å². The summed E-state index contributed by atoms with van der Waals surface area (Å²) in [6.45, 7) is 0. The molecule has 1 aliphatic rings. The summed E-state index contributed by atoms with van der Waals surface area (Å²) in [6.07, 6.45) is 2.45. The average molecular weight is 158 g/mol. The van der Waals surface area contributed by atoms with Crippen molar-refractivity contribution in [2.24, 2.45) is 11.6 Å². The van der Waals surface area contributed by atoms with E-state index in [9.17, 15) is 4.39 Å². The molecule has 11 heavy (non-hydrogen) atoms. The zero-order valence-electron chi connectivity index (χ0n) is 6.05. The first-order valence-corrected chi connectivity index (χ1v) is 3.36. The highest BCUT2D eigenvalue weighted by Crippen LogP contribution is 2.26. The topological polar surface area (TPSA) is 79.1 Å². The van der Waals surface area contributed by atoms with E-state index in [1.165, 1.54) is 5.01 Å². The molecule has 1 fully saturated rings. The van der Waals surface area contributed by atoms with Crippen LogP contribution in [-0.2, 0) is 0 Å². The third kappa shape index (κ3) is 1.68. The van der Waals surface area contributed by atoms with Crippen molar-refractivity contribution in [1.82, 2.24) is 5.01 Å². The zero-order chi connectivity index (χ0) is 8.43. The number of hydrazine groups is 1. The summed E-state index contributed by atoms with van der Waals surface area (Å²) >= 11 is 0. The molecule has 0 aromatic carbocycles. The lowest BCUT2D eigenvalue weighted by Gasteiger charge is -2.17. The van der Waals surface area contributed by atoms with Gasteiger partial charge in [-0.2, -0.15) is 0 Å². The Morgan fingerprint density at radius 2 is 2.18 bits per heavy atom. The normalized spacial score (nSPS) is 19.1. The van der Waals surface area contributed by atoms with E-state index < -0.39 is 5.83 Å². The molecule has 0 bridgehead atoms. The molecular formula is C6H11FN4. The smallest absolute Gasteiger partial charge is 0.181 e. The van der Waals surface area contributed by atoms with E-state index in [1.54, 1.807) is 0 Å². The van der Waals surface area contributed by atoms with Crippen molar-refractivity contribution < 1.29 is 4.39 Å². The van der Waals surface area contributed by atoms with E-state index in [-0.39, 0.29) is 11.9 Å². The van der Waals surface area contributed by atoms with Crippen LogP contribution in [0.15, 0.2) is 11.6 Å². The Hall–Kier alpha value is -1.10. The second kappa shape index (κ2) is 2.87. The Morgan fingerprint density at radius 1 is 1.64 bits per heavy atom. The zero-order valence-corrected chi connectivity index (χ0v) is 6.05. The first kappa shape index (κ1) is 8.00. The Morgan fingerprint density at radius 3 is 2.55 bits per heavy atom. The van der Waals surface area contributed by atoms with E-state index >= 15 is 0 Å². The number of nitrogens with zero attached hydrogens (tertiary/aromatic N) is 1. The molecule has 1 saturated carbocycles. The van der Waals surface area contributed by atoms with Gasteiger partial charge in [-0.15, -0.1) is 0 Å².